The van der Waals surface area contributed by atoms with Gasteiger partial charge in [-0.15, -0.1) is 0 Å². The van der Waals surface area contributed by atoms with Crippen molar-refractivity contribution >= 4 is 43.6 Å². The highest BCUT2D eigenvalue weighted by molar-refractivity contribution is 6.13. The number of halogens is 2. The zero-order valence-electron chi connectivity index (χ0n) is 28.3. The number of rotatable bonds is 5. The van der Waals surface area contributed by atoms with Crippen molar-refractivity contribution in [1.82, 2.24) is 29.1 Å². The van der Waals surface area contributed by atoms with Gasteiger partial charge in [0.2, 0.25) is 0 Å². The maximum Gasteiger partial charge on any atom is 0.159 e. The van der Waals surface area contributed by atoms with Crippen molar-refractivity contribution in [2.24, 2.45) is 0 Å². The van der Waals surface area contributed by atoms with Crippen molar-refractivity contribution in [3.8, 4) is 51.3 Å². The van der Waals surface area contributed by atoms with Crippen LogP contribution in [0.4, 0.5) is 8.78 Å². The van der Waals surface area contributed by atoms with E-state index in [0.717, 1.165) is 60.8 Å². The Bertz CT molecular complexity index is 3120. The van der Waals surface area contributed by atoms with E-state index in [1.165, 1.54) is 12.1 Å². The topological polar surface area (TPSA) is 85.2 Å². The summed E-state index contributed by atoms with van der Waals surface area (Å²) in [5.74, 6) is -0.238. The predicted octanol–water partition coefficient (Wildman–Crippen LogP) is 10.6. The number of nitriles is 1. The fourth-order valence-electron chi connectivity index (χ4n) is 7.62. The van der Waals surface area contributed by atoms with Crippen molar-refractivity contribution in [1.29, 1.82) is 5.26 Å². The minimum atomic E-state index is -0.729. The van der Waals surface area contributed by atoms with Crippen molar-refractivity contribution in [2.45, 2.75) is 0 Å². The van der Waals surface area contributed by atoms with Gasteiger partial charge in [-0.2, -0.15) is 5.26 Å². The number of hydrogen-bond donors (Lipinski definition) is 0. The summed E-state index contributed by atoms with van der Waals surface area (Å²) >= 11 is 0. The molecule has 0 fully saturated rings. The van der Waals surface area contributed by atoms with Crippen LogP contribution in [-0.2, 0) is 0 Å². The second-order valence-electron chi connectivity index (χ2n) is 13.0. The fourth-order valence-corrected chi connectivity index (χ4v) is 7.62. The highest BCUT2D eigenvalue weighted by atomic mass is 19.1. The van der Waals surface area contributed by atoms with Crippen molar-refractivity contribution in [3.63, 3.8) is 0 Å². The van der Waals surface area contributed by atoms with Crippen LogP contribution in [0.2, 0.25) is 0 Å². The summed E-state index contributed by atoms with van der Waals surface area (Å²) in [4.78, 5) is 18.0. The monoisotopic (exact) mass is 701 g/mol. The Morgan fingerprint density at radius 2 is 0.907 bits per heavy atom. The number of benzene rings is 6. The largest absolute Gasteiger partial charge is 0.307 e. The molecule has 4 aromatic heterocycles. The minimum absolute atomic E-state index is 0.260. The molecule has 0 amide bonds. The van der Waals surface area contributed by atoms with Gasteiger partial charge in [0, 0.05) is 69.1 Å². The molecule has 4 heterocycles. The third kappa shape index (κ3) is 4.93. The molecule has 0 unspecified atom stereocenters. The number of nitrogens with zero attached hydrogens (tertiary/aromatic N) is 7. The van der Waals surface area contributed by atoms with Gasteiger partial charge in [0.05, 0.1) is 45.1 Å². The van der Waals surface area contributed by atoms with E-state index in [2.05, 4.69) is 71.5 Å². The lowest BCUT2D eigenvalue weighted by atomic mass is 9.97. The minimum Gasteiger partial charge on any atom is -0.307 e. The SMILES string of the molecule is N#Cc1cc(-n2c3ccccc3c3cc(-c4ncccn4)ccc32)c(-n2c3ccccc3c3cc(-c4ncccn4)ccc32)cc1-c1cc(F)cc(F)c1. The molecule has 0 bridgehead atoms. The van der Waals surface area contributed by atoms with E-state index in [-0.39, 0.29) is 11.1 Å². The number of aromatic nitrogens is 6. The summed E-state index contributed by atoms with van der Waals surface area (Å²) in [6, 6.07) is 41.4. The Balaban J connectivity index is 1.33. The van der Waals surface area contributed by atoms with E-state index < -0.39 is 11.6 Å². The van der Waals surface area contributed by atoms with Gasteiger partial charge in [0.15, 0.2) is 11.6 Å². The third-order valence-corrected chi connectivity index (χ3v) is 9.88. The summed E-state index contributed by atoms with van der Waals surface area (Å²) in [5, 5.41) is 14.6. The normalized spacial score (nSPS) is 11.5. The lowest BCUT2D eigenvalue weighted by Gasteiger charge is -2.19. The summed E-state index contributed by atoms with van der Waals surface area (Å²) in [5.41, 5.74) is 7.69. The molecule has 0 aliphatic carbocycles. The second-order valence-corrected chi connectivity index (χ2v) is 13.0. The Labute approximate surface area is 306 Å². The van der Waals surface area contributed by atoms with Crippen LogP contribution < -0.4 is 0 Å². The van der Waals surface area contributed by atoms with Crippen LogP contribution in [0, 0.1) is 23.0 Å². The van der Waals surface area contributed by atoms with E-state index in [1.807, 2.05) is 60.7 Å². The van der Waals surface area contributed by atoms with E-state index in [4.69, 9.17) is 0 Å². The highest BCUT2D eigenvalue weighted by Gasteiger charge is 2.23. The fraction of sp³-hybridized carbons (Fsp3) is 0. The first-order valence-electron chi connectivity index (χ1n) is 17.2. The smallest absolute Gasteiger partial charge is 0.159 e. The van der Waals surface area contributed by atoms with E-state index in [9.17, 15) is 14.0 Å². The zero-order chi connectivity index (χ0) is 36.3. The van der Waals surface area contributed by atoms with Crippen LogP contribution >= 0.6 is 0 Å². The first-order valence-corrected chi connectivity index (χ1v) is 17.2. The van der Waals surface area contributed by atoms with Crippen LogP contribution in [-0.4, -0.2) is 29.1 Å². The first kappa shape index (κ1) is 31.2. The maximum absolute atomic E-state index is 14.8. The summed E-state index contributed by atoms with van der Waals surface area (Å²) in [7, 11) is 0. The van der Waals surface area contributed by atoms with Crippen LogP contribution in [0.5, 0.6) is 0 Å². The van der Waals surface area contributed by atoms with Crippen LogP contribution in [0.15, 0.2) is 152 Å². The predicted molar refractivity (Wildman–Crippen MR) is 207 cm³/mol. The lowest BCUT2D eigenvalue weighted by molar-refractivity contribution is 0.584. The molecule has 254 valence electrons. The van der Waals surface area contributed by atoms with Crippen molar-refractivity contribution in [2.75, 3.05) is 0 Å². The molecule has 54 heavy (non-hydrogen) atoms. The molecule has 0 radical (unpaired) electrons. The molecule has 0 saturated carbocycles. The molecule has 0 saturated heterocycles. The average Bonchev–Trinajstić information content (AvgIpc) is 3.72. The zero-order valence-corrected chi connectivity index (χ0v) is 28.3. The van der Waals surface area contributed by atoms with Gasteiger partial charge >= 0.3 is 0 Å². The van der Waals surface area contributed by atoms with Gasteiger partial charge in [0.1, 0.15) is 11.6 Å². The number of hydrogen-bond acceptors (Lipinski definition) is 5. The molecule has 0 aliphatic rings. The number of fused-ring (bicyclic) bond motifs is 6. The standard InChI is InChI=1S/C45H25F2N7/c46-31-19-29(20-32(47)24-31)35-25-43(54-39-10-4-2-8-34(39)37-22-28(12-14-41(37)54)45-51-17-6-18-52-45)42(23-30(35)26-48)53-38-9-3-1-7-33(38)36-21-27(11-13-40(36)53)44-49-15-5-16-50-44/h1-25H. The van der Waals surface area contributed by atoms with Crippen molar-refractivity contribution in [3.05, 3.63) is 169 Å². The van der Waals surface area contributed by atoms with Gasteiger partial charge < -0.3 is 9.13 Å². The molecule has 0 N–H and O–H groups in total. The van der Waals surface area contributed by atoms with E-state index >= 15 is 0 Å². The molecule has 7 nitrogen and oxygen atoms in total. The molecular formula is C45H25F2N7. The molecule has 0 aliphatic heterocycles. The van der Waals surface area contributed by atoms with Gasteiger partial charge in [-0.1, -0.05) is 36.4 Å². The Hall–Kier alpha value is -7.57. The Kier molecular flexibility index (Phi) is 7.10. The quantitative estimate of drug-likeness (QED) is 0.178. The molecule has 6 aromatic carbocycles. The van der Waals surface area contributed by atoms with E-state index in [1.54, 1.807) is 36.9 Å². The van der Waals surface area contributed by atoms with Gasteiger partial charge in [-0.05, 0) is 90.5 Å². The average molecular weight is 702 g/mol. The third-order valence-electron chi connectivity index (χ3n) is 9.88. The van der Waals surface area contributed by atoms with Crippen molar-refractivity contribution < 1.29 is 8.78 Å². The molecule has 10 aromatic rings. The van der Waals surface area contributed by atoms with Crippen LogP contribution in [0.25, 0.3) is 88.9 Å². The highest BCUT2D eigenvalue weighted by Crippen LogP contribution is 2.42. The second kappa shape index (κ2) is 12.3. The van der Waals surface area contributed by atoms with Gasteiger partial charge in [0.25, 0.3) is 0 Å². The first-order chi connectivity index (χ1) is 26.6. The molecule has 0 spiro atoms. The Morgan fingerprint density at radius 1 is 0.444 bits per heavy atom. The summed E-state index contributed by atoms with van der Waals surface area (Å²) < 4.78 is 33.9. The molecule has 0 atom stereocenters. The maximum atomic E-state index is 14.8. The molecular weight excluding hydrogens is 677 g/mol. The molecule has 9 heteroatoms. The molecule has 10 rings (SSSR count). The van der Waals surface area contributed by atoms with Crippen LogP contribution in [0.3, 0.4) is 0 Å². The summed E-state index contributed by atoms with van der Waals surface area (Å²) in [6.45, 7) is 0. The number of para-hydroxylation sites is 2. The van der Waals surface area contributed by atoms with Gasteiger partial charge in [-0.25, -0.2) is 28.7 Å². The lowest BCUT2D eigenvalue weighted by Crippen LogP contribution is -2.05. The van der Waals surface area contributed by atoms with Crippen LogP contribution in [0.1, 0.15) is 5.56 Å². The van der Waals surface area contributed by atoms with E-state index in [0.29, 0.717) is 28.6 Å². The Morgan fingerprint density at radius 3 is 1.41 bits per heavy atom. The summed E-state index contributed by atoms with van der Waals surface area (Å²) in [6.07, 6.45) is 6.88. The van der Waals surface area contributed by atoms with Gasteiger partial charge in [-0.3, -0.25) is 0 Å².